The van der Waals surface area contributed by atoms with Gasteiger partial charge in [0.05, 0.1) is 11.8 Å². The van der Waals surface area contributed by atoms with Crippen molar-refractivity contribution in [2.45, 2.75) is 72.5 Å². The van der Waals surface area contributed by atoms with Gasteiger partial charge in [-0.3, -0.25) is 10.3 Å². The minimum atomic E-state index is 0.0611. The van der Waals surface area contributed by atoms with E-state index in [2.05, 4.69) is 143 Å². The molecule has 4 rings (SSSR count). The van der Waals surface area contributed by atoms with E-state index in [9.17, 15) is 0 Å². The van der Waals surface area contributed by atoms with Crippen LogP contribution in [0.5, 0.6) is 0 Å². The van der Waals surface area contributed by atoms with E-state index in [0.717, 1.165) is 42.7 Å². The number of hydrogen-bond donors (Lipinski definition) is 1. The Kier molecular flexibility index (Phi) is 9.83. The molecule has 0 bridgehead atoms. The van der Waals surface area contributed by atoms with Crippen molar-refractivity contribution in [3.63, 3.8) is 0 Å². The largest absolute Gasteiger partial charge is 0.334 e. The number of aliphatic imine (C=N–C) groups is 1. The molecule has 0 saturated carbocycles. The first-order valence-corrected chi connectivity index (χ1v) is 14.9. The number of likely N-dealkylation sites (N-methyl/N-ethyl adjacent to an activating group) is 1. The van der Waals surface area contributed by atoms with Gasteiger partial charge in [0, 0.05) is 17.5 Å². The summed E-state index contributed by atoms with van der Waals surface area (Å²) in [5.41, 5.74) is 10.8. The molecule has 3 nitrogen and oxygen atoms in total. The Balaban J connectivity index is 1.57. The van der Waals surface area contributed by atoms with Crippen molar-refractivity contribution in [2.24, 2.45) is 10.4 Å². The van der Waals surface area contributed by atoms with Crippen molar-refractivity contribution in [3.05, 3.63) is 126 Å². The van der Waals surface area contributed by atoms with Crippen molar-refractivity contribution >= 4 is 11.3 Å². The molecular weight excluding hydrogens is 498 g/mol. The highest BCUT2D eigenvalue weighted by atomic mass is 15.3. The minimum absolute atomic E-state index is 0.0611. The number of rotatable bonds is 10. The van der Waals surface area contributed by atoms with Gasteiger partial charge in [-0.25, -0.2) is 0 Å². The lowest BCUT2D eigenvalue weighted by molar-refractivity contribution is 0.212. The first kappa shape index (κ1) is 30.3. The Bertz CT molecular complexity index is 1390. The van der Waals surface area contributed by atoms with Crippen LogP contribution in [0.25, 0.3) is 16.7 Å². The molecule has 1 aliphatic rings. The molecule has 0 aromatic heterocycles. The highest BCUT2D eigenvalue weighted by Gasteiger charge is 2.32. The molecule has 0 spiro atoms. The van der Waals surface area contributed by atoms with E-state index in [1.807, 2.05) is 7.05 Å². The summed E-state index contributed by atoms with van der Waals surface area (Å²) in [5, 5.41) is 3.53. The van der Waals surface area contributed by atoms with E-state index in [4.69, 9.17) is 4.99 Å². The van der Waals surface area contributed by atoms with E-state index in [0.29, 0.717) is 0 Å². The SMILES string of the molecule is C=C(CCc1ccccc1)c1ccc(-c2ccc(C3=NC(CC(C)(C)C)C(NC)N(C(=C)C)C=C3CC)cc2)cc1. The standard InChI is InChI=1S/C38H47N3/c1-9-30-26-41(27(2)3)37(39-8)35(25-38(5,6)7)40-36(30)34-23-21-33(22-24-34)32-19-17-31(18-20-32)28(4)15-16-29-13-11-10-12-14-29/h10-14,17-24,26,35,37,39H,2,4,9,15-16,25H2,1,3,5-8H3. The normalized spacial score (nSPS) is 17.5. The van der Waals surface area contributed by atoms with Crippen molar-refractivity contribution in [1.82, 2.24) is 10.2 Å². The van der Waals surface area contributed by atoms with Gasteiger partial charge in [0.25, 0.3) is 0 Å². The fourth-order valence-electron chi connectivity index (χ4n) is 5.60. The number of aryl methyl sites for hydroxylation is 1. The van der Waals surface area contributed by atoms with Gasteiger partial charge >= 0.3 is 0 Å². The quantitative estimate of drug-likeness (QED) is 0.275. The first-order valence-electron chi connectivity index (χ1n) is 14.9. The Morgan fingerprint density at radius 2 is 1.46 bits per heavy atom. The Labute approximate surface area is 248 Å². The maximum absolute atomic E-state index is 5.43. The van der Waals surface area contributed by atoms with Crippen molar-refractivity contribution in [1.29, 1.82) is 0 Å². The maximum Gasteiger partial charge on any atom is 0.106 e. The lowest BCUT2D eigenvalue weighted by Crippen LogP contribution is -2.48. The molecule has 1 N–H and O–H groups in total. The van der Waals surface area contributed by atoms with E-state index >= 15 is 0 Å². The molecule has 2 unspecified atom stereocenters. The Morgan fingerprint density at radius 3 is 2.00 bits per heavy atom. The average molecular weight is 546 g/mol. The fraction of sp³-hybridized carbons (Fsp3) is 0.342. The van der Waals surface area contributed by atoms with Gasteiger partial charge in [-0.1, -0.05) is 120 Å². The molecular formula is C38H47N3. The second kappa shape index (κ2) is 13.3. The van der Waals surface area contributed by atoms with Crippen LogP contribution in [-0.4, -0.2) is 29.9 Å². The Hall–Kier alpha value is -3.69. The third-order valence-electron chi connectivity index (χ3n) is 7.84. The van der Waals surface area contributed by atoms with Crippen LogP contribution in [0, 0.1) is 5.41 Å². The fourth-order valence-corrected chi connectivity index (χ4v) is 5.60. The summed E-state index contributed by atoms with van der Waals surface area (Å²) in [4.78, 5) is 7.71. The molecule has 3 heteroatoms. The third kappa shape index (κ3) is 7.74. The topological polar surface area (TPSA) is 27.6 Å². The molecule has 0 fully saturated rings. The van der Waals surface area contributed by atoms with E-state index in [1.165, 1.54) is 33.4 Å². The summed E-state index contributed by atoms with van der Waals surface area (Å²) >= 11 is 0. The zero-order valence-corrected chi connectivity index (χ0v) is 25.9. The molecule has 214 valence electrons. The number of hydrogen-bond acceptors (Lipinski definition) is 3. The van der Waals surface area contributed by atoms with E-state index < -0.39 is 0 Å². The van der Waals surface area contributed by atoms with Crippen LogP contribution in [0.4, 0.5) is 0 Å². The number of nitrogens with one attached hydrogen (secondary N) is 1. The molecule has 41 heavy (non-hydrogen) atoms. The number of benzene rings is 3. The van der Waals surface area contributed by atoms with Gasteiger partial charge in [-0.15, -0.1) is 0 Å². The van der Waals surface area contributed by atoms with Crippen LogP contribution in [0.1, 0.15) is 70.6 Å². The summed E-state index contributed by atoms with van der Waals surface area (Å²) in [6.07, 6.45) is 6.15. The highest BCUT2D eigenvalue weighted by Crippen LogP contribution is 2.31. The zero-order valence-electron chi connectivity index (χ0n) is 25.9. The van der Waals surface area contributed by atoms with Crippen LogP contribution in [0.2, 0.25) is 0 Å². The van der Waals surface area contributed by atoms with Crippen LogP contribution < -0.4 is 5.32 Å². The molecule has 3 aromatic carbocycles. The van der Waals surface area contributed by atoms with Gasteiger partial charge < -0.3 is 4.90 Å². The molecule has 3 aromatic rings. The molecule has 1 aliphatic heterocycles. The summed E-state index contributed by atoms with van der Waals surface area (Å²) in [6.45, 7) is 19.8. The highest BCUT2D eigenvalue weighted by molar-refractivity contribution is 6.13. The summed E-state index contributed by atoms with van der Waals surface area (Å²) in [7, 11) is 2.02. The third-order valence-corrected chi connectivity index (χ3v) is 7.84. The summed E-state index contributed by atoms with van der Waals surface area (Å²) in [6, 6.07) is 28.4. The van der Waals surface area contributed by atoms with Crippen LogP contribution in [0.3, 0.4) is 0 Å². The van der Waals surface area contributed by atoms with Gasteiger partial charge in [0.2, 0.25) is 0 Å². The first-order chi connectivity index (χ1) is 19.6. The molecule has 0 radical (unpaired) electrons. The predicted octanol–water partition coefficient (Wildman–Crippen LogP) is 9.28. The van der Waals surface area contributed by atoms with Gasteiger partial charge in [0.15, 0.2) is 0 Å². The van der Waals surface area contributed by atoms with Gasteiger partial charge in [-0.05, 0) is 78.5 Å². The van der Waals surface area contributed by atoms with E-state index in [1.54, 1.807) is 0 Å². The van der Waals surface area contributed by atoms with Crippen LogP contribution in [0.15, 0.2) is 114 Å². The number of allylic oxidation sites excluding steroid dienone is 3. The lowest BCUT2D eigenvalue weighted by Gasteiger charge is -2.36. The zero-order chi connectivity index (χ0) is 29.6. The van der Waals surface area contributed by atoms with E-state index in [-0.39, 0.29) is 17.6 Å². The lowest BCUT2D eigenvalue weighted by atomic mass is 9.86. The summed E-state index contributed by atoms with van der Waals surface area (Å²) < 4.78 is 0. The average Bonchev–Trinajstić information content (AvgIpc) is 3.12. The molecule has 0 saturated heterocycles. The molecule has 0 aliphatic carbocycles. The Morgan fingerprint density at radius 1 is 0.878 bits per heavy atom. The van der Waals surface area contributed by atoms with Crippen molar-refractivity contribution in [3.8, 4) is 11.1 Å². The second-order valence-corrected chi connectivity index (χ2v) is 12.4. The van der Waals surface area contributed by atoms with Crippen LogP contribution in [-0.2, 0) is 6.42 Å². The molecule has 2 atom stereocenters. The molecule has 1 heterocycles. The molecule has 0 amide bonds. The smallest absolute Gasteiger partial charge is 0.106 e. The van der Waals surface area contributed by atoms with Crippen molar-refractivity contribution < 1.29 is 0 Å². The predicted molar refractivity (Wildman–Crippen MR) is 178 cm³/mol. The number of nitrogens with zero attached hydrogens (tertiary/aromatic N) is 2. The van der Waals surface area contributed by atoms with Gasteiger partial charge in [-0.2, -0.15) is 0 Å². The summed E-state index contributed by atoms with van der Waals surface area (Å²) in [5.74, 6) is 0. The van der Waals surface area contributed by atoms with Gasteiger partial charge in [0.1, 0.15) is 6.17 Å². The maximum atomic E-state index is 5.43. The monoisotopic (exact) mass is 545 g/mol. The van der Waals surface area contributed by atoms with Crippen LogP contribution >= 0.6 is 0 Å². The second-order valence-electron chi connectivity index (χ2n) is 12.4. The minimum Gasteiger partial charge on any atom is -0.334 e. The van der Waals surface area contributed by atoms with Crippen molar-refractivity contribution in [2.75, 3.05) is 7.05 Å².